The molecule has 0 aliphatic heterocycles. The molecule has 0 bridgehead atoms. The van der Waals surface area contributed by atoms with Crippen LogP contribution >= 0.6 is 0 Å². The third-order valence-corrected chi connectivity index (χ3v) is 1.39. The highest BCUT2D eigenvalue weighted by molar-refractivity contribution is 5.89. The Balaban J connectivity index is 2.90. The molecular formula is C9H8O2. The van der Waals surface area contributed by atoms with Crippen LogP contribution in [-0.2, 0) is 4.74 Å². The summed E-state index contributed by atoms with van der Waals surface area (Å²) in [6, 6.07) is 6.99. The molecule has 0 atom stereocenters. The Kier molecular flexibility index (Phi) is 2.26. The van der Waals surface area contributed by atoms with E-state index < -0.39 is 5.97 Å². The minimum absolute atomic E-state index is 0.470. The van der Waals surface area contributed by atoms with Crippen molar-refractivity contribution in [2.24, 2.45) is 0 Å². The van der Waals surface area contributed by atoms with Crippen molar-refractivity contribution in [1.29, 1.82) is 0 Å². The lowest BCUT2D eigenvalue weighted by atomic mass is 10.2. The Morgan fingerprint density at radius 1 is 1.36 bits per heavy atom. The van der Waals surface area contributed by atoms with Crippen molar-refractivity contribution in [2.45, 2.75) is 6.92 Å². The van der Waals surface area contributed by atoms with Gasteiger partial charge >= 0.3 is 5.97 Å². The number of esters is 1. The average Bonchev–Trinajstić information content (AvgIpc) is 2.05. The third-order valence-electron chi connectivity index (χ3n) is 1.39. The van der Waals surface area contributed by atoms with Gasteiger partial charge < -0.3 is 4.74 Å². The second-order valence-electron chi connectivity index (χ2n) is 2.27. The molecule has 0 aliphatic rings. The maximum absolute atomic E-state index is 10.8. The van der Waals surface area contributed by atoms with Crippen LogP contribution in [0.5, 0.6) is 0 Å². The molecule has 1 rings (SSSR count). The molecule has 0 saturated carbocycles. The van der Waals surface area contributed by atoms with Crippen molar-refractivity contribution in [1.82, 2.24) is 0 Å². The van der Waals surface area contributed by atoms with Gasteiger partial charge in [0, 0.05) is 0 Å². The number of aryl methyl sites for hydroxylation is 1. The lowest BCUT2D eigenvalue weighted by Crippen LogP contribution is -1.98. The van der Waals surface area contributed by atoms with E-state index in [0.29, 0.717) is 5.56 Å². The summed E-state index contributed by atoms with van der Waals surface area (Å²) >= 11 is 0. The summed E-state index contributed by atoms with van der Waals surface area (Å²) in [6.45, 7) is 1.94. The van der Waals surface area contributed by atoms with E-state index in [1.165, 1.54) is 0 Å². The number of benzene rings is 1. The number of carbonyl (C=O) groups excluding carboxylic acids is 1. The standard InChI is InChI=1S/C9H8O2/c1-7-3-5-8(6-4-7)9(10)11-2/h2-6H,1H3. The molecule has 0 N–H and O–H groups in total. The monoisotopic (exact) mass is 148 g/mol. The minimum Gasteiger partial charge on any atom is -0.450 e. The van der Waals surface area contributed by atoms with Gasteiger partial charge in [-0.2, -0.15) is 0 Å². The van der Waals surface area contributed by atoms with Gasteiger partial charge in [-0.3, -0.25) is 0 Å². The first-order chi connectivity index (χ1) is 5.24. The lowest BCUT2D eigenvalue weighted by molar-refractivity contribution is 0.0654. The molecule has 56 valence electrons. The van der Waals surface area contributed by atoms with E-state index in [0.717, 1.165) is 5.56 Å². The predicted octanol–water partition coefficient (Wildman–Crippen LogP) is 1.82. The zero-order valence-electron chi connectivity index (χ0n) is 6.20. The maximum atomic E-state index is 10.8. The Morgan fingerprint density at radius 3 is 2.36 bits per heavy atom. The summed E-state index contributed by atoms with van der Waals surface area (Å²) in [6.07, 6.45) is 0. The Hall–Kier alpha value is -1.31. The molecule has 0 heterocycles. The van der Waals surface area contributed by atoms with E-state index in [4.69, 9.17) is 7.11 Å². The summed E-state index contributed by atoms with van der Waals surface area (Å²) in [7, 11) is 4.69. The zero-order chi connectivity index (χ0) is 8.27. The summed E-state index contributed by atoms with van der Waals surface area (Å²) in [4.78, 5) is 10.8. The van der Waals surface area contributed by atoms with Crippen LogP contribution in [0.25, 0.3) is 0 Å². The second kappa shape index (κ2) is 3.19. The maximum Gasteiger partial charge on any atom is 0.338 e. The number of carbonyl (C=O) groups is 1. The van der Waals surface area contributed by atoms with E-state index in [1.807, 2.05) is 19.1 Å². The van der Waals surface area contributed by atoms with E-state index in [1.54, 1.807) is 12.1 Å². The smallest absolute Gasteiger partial charge is 0.338 e. The zero-order valence-corrected chi connectivity index (χ0v) is 6.20. The van der Waals surface area contributed by atoms with E-state index in [2.05, 4.69) is 4.74 Å². The fourth-order valence-electron chi connectivity index (χ4n) is 0.758. The molecule has 0 unspecified atom stereocenters. The molecule has 11 heavy (non-hydrogen) atoms. The molecule has 0 saturated heterocycles. The highest BCUT2D eigenvalue weighted by Gasteiger charge is 2.02. The Bertz CT molecular complexity index is 249. The number of ether oxygens (including phenoxy) is 1. The SMILES string of the molecule is [CH]OC(=O)c1ccc(C)cc1. The molecule has 2 radical (unpaired) electrons. The number of rotatable bonds is 1. The van der Waals surface area contributed by atoms with Crippen LogP contribution in [0.1, 0.15) is 15.9 Å². The number of hydrogen-bond donors (Lipinski definition) is 0. The van der Waals surface area contributed by atoms with Gasteiger partial charge in [0.25, 0.3) is 0 Å². The van der Waals surface area contributed by atoms with Gasteiger partial charge in [0.15, 0.2) is 7.11 Å². The van der Waals surface area contributed by atoms with Crippen molar-refractivity contribution in [3.8, 4) is 0 Å². The molecule has 2 heteroatoms. The molecule has 0 aromatic heterocycles. The van der Waals surface area contributed by atoms with Crippen LogP contribution in [0.15, 0.2) is 24.3 Å². The van der Waals surface area contributed by atoms with Gasteiger partial charge in [0.05, 0.1) is 5.56 Å². The van der Waals surface area contributed by atoms with Crippen molar-refractivity contribution in [2.75, 3.05) is 0 Å². The van der Waals surface area contributed by atoms with Gasteiger partial charge in [0.1, 0.15) is 0 Å². The van der Waals surface area contributed by atoms with Gasteiger partial charge in [0.2, 0.25) is 0 Å². The fraction of sp³-hybridized carbons (Fsp3) is 0.111. The highest BCUT2D eigenvalue weighted by atomic mass is 16.5. The predicted molar refractivity (Wildman–Crippen MR) is 40.9 cm³/mol. The van der Waals surface area contributed by atoms with Crippen molar-refractivity contribution in [3.05, 3.63) is 42.5 Å². The van der Waals surface area contributed by atoms with Gasteiger partial charge in [-0.25, -0.2) is 4.79 Å². The Labute approximate surface area is 65.8 Å². The van der Waals surface area contributed by atoms with E-state index >= 15 is 0 Å². The Morgan fingerprint density at radius 2 is 1.91 bits per heavy atom. The molecule has 0 fully saturated rings. The van der Waals surface area contributed by atoms with E-state index in [-0.39, 0.29) is 0 Å². The first kappa shape index (κ1) is 7.79. The molecule has 0 spiro atoms. The molecule has 1 aromatic rings. The van der Waals surface area contributed by atoms with Crippen LogP contribution in [0.3, 0.4) is 0 Å². The molecule has 0 amide bonds. The average molecular weight is 148 g/mol. The number of hydrogen-bond acceptors (Lipinski definition) is 2. The third kappa shape index (κ3) is 1.80. The second-order valence-corrected chi connectivity index (χ2v) is 2.27. The summed E-state index contributed by atoms with van der Waals surface area (Å²) < 4.78 is 4.04. The van der Waals surface area contributed by atoms with E-state index in [9.17, 15) is 4.79 Å². The molecule has 0 aliphatic carbocycles. The first-order valence-electron chi connectivity index (χ1n) is 3.22. The summed E-state index contributed by atoms with van der Waals surface area (Å²) in [5.41, 5.74) is 1.57. The largest absolute Gasteiger partial charge is 0.450 e. The topological polar surface area (TPSA) is 26.3 Å². The minimum atomic E-state index is -0.509. The van der Waals surface area contributed by atoms with Crippen molar-refractivity contribution < 1.29 is 9.53 Å². The van der Waals surface area contributed by atoms with Crippen LogP contribution in [0.2, 0.25) is 0 Å². The summed E-state index contributed by atoms with van der Waals surface area (Å²) in [5, 5.41) is 0. The van der Waals surface area contributed by atoms with Gasteiger partial charge in [-0.05, 0) is 19.1 Å². The lowest BCUT2D eigenvalue weighted by Gasteiger charge is -1.97. The van der Waals surface area contributed by atoms with Crippen LogP contribution in [0.4, 0.5) is 0 Å². The first-order valence-corrected chi connectivity index (χ1v) is 3.22. The van der Waals surface area contributed by atoms with Gasteiger partial charge in [-0.15, -0.1) is 0 Å². The van der Waals surface area contributed by atoms with Crippen LogP contribution in [0, 0.1) is 14.0 Å². The molecule has 2 nitrogen and oxygen atoms in total. The highest BCUT2D eigenvalue weighted by Crippen LogP contribution is 2.03. The molecule has 1 aromatic carbocycles. The van der Waals surface area contributed by atoms with Gasteiger partial charge in [-0.1, -0.05) is 17.7 Å². The van der Waals surface area contributed by atoms with Crippen molar-refractivity contribution >= 4 is 5.97 Å². The molecular weight excluding hydrogens is 140 g/mol. The normalized spacial score (nSPS) is 9.27. The fourth-order valence-corrected chi connectivity index (χ4v) is 0.758. The summed E-state index contributed by atoms with van der Waals surface area (Å²) in [5.74, 6) is -0.509. The quantitative estimate of drug-likeness (QED) is 0.568. The van der Waals surface area contributed by atoms with Crippen LogP contribution < -0.4 is 0 Å². The van der Waals surface area contributed by atoms with Crippen molar-refractivity contribution in [3.63, 3.8) is 0 Å². The van der Waals surface area contributed by atoms with Crippen LogP contribution in [-0.4, -0.2) is 5.97 Å².